The Hall–Kier alpha value is -1.16. The molecular formula is C19H19NS2. The molecule has 0 amide bonds. The Bertz CT molecular complexity index is 728. The first-order chi connectivity index (χ1) is 10.8. The van der Waals surface area contributed by atoms with Crippen LogP contribution in [0.25, 0.3) is 5.57 Å². The van der Waals surface area contributed by atoms with Crippen LogP contribution in [-0.2, 0) is 6.42 Å². The fourth-order valence-corrected chi connectivity index (χ4v) is 5.97. The predicted molar refractivity (Wildman–Crippen MR) is 99.1 cm³/mol. The zero-order valence-electron chi connectivity index (χ0n) is 12.4. The summed E-state index contributed by atoms with van der Waals surface area (Å²) in [4.78, 5) is 0. The molecule has 0 saturated carbocycles. The first-order valence-electron chi connectivity index (χ1n) is 7.77. The molecule has 1 aliphatic heterocycles. The normalized spacial score (nSPS) is 21.0. The van der Waals surface area contributed by atoms with Crippen molar-refractivity contribution in [3.63, 3.8) is 0 Å². The second-order valence-electron chi connectivity index (χ2n) is 5.77. The molecule has 1 saturated heterocycles. The van der Waals surface area contributed by atoms with Crippen LogP contribution in [0.5, 0.6) is 0 Å². The van der Waals surface area contributed by atoms with Gasteiger partial charge in [-0.05, 0) is 46.6 Å². The number of benzene rings is 2. The highest BCUT2D eigenvalue weighted by Gasteiger charge is 2.25. The summed E-state index contributed by atoms with van der Waals surface area (Å²) >= 11 is 4.02. The summed E-state index contributed by atoms with van der Waals surface area (Å²) in [7, 11) is 0. The van der Waals surface area contributed by atoms with Crippen molar-refractivity contribution >= 4 is 29.1 Å². The molecular weight excluding hydrogens is 306 g/mol. The third kappa shape index (κ3) is 2.51. The molecule has 0 unspecified atom stereocenters. The number of fused-ring (bicyclic) bond motifs is 2. The molecule has 0 spiro atoms. The van der Waals surface area contributed by atoms with Crippen LogP contribution in [-0.4, -0.2) is 11.5 Å². The minimum Gasteiger partial charge on any atom is -0.324 e. The van der Waals surface area contributed by atoms with Crippen molar-refractivity contribution in [1.82, 2.24) is 0 Å². The summed E-state index contributed by atoms with van der Waals surface area (Å²) in [5.74, 6) is 2.45. The summed E-state index contributed by atoms with van der Waals surface area (Å²) in [6.45, 7) is 0. The van der Waals surface area contributed by atoms with Crippen molar-refractivity contribution in [2.75, 3.05) is 11.5 Å². The van der Waals surface area contributed by atoms with Gasteiger partial charge in [0.05, 0.1) is 0 Å². The van der Waals surface area contributed by atoms with Crippen LogP contribution in [0, 0.1) is 0 Å². The van der Waals surface area contributed by atoms with Crippen LogP contribution in [0.2, 0.25) is 0 Å². The largest absolute Gasteiger partial charge is 0.324 e. The van der Waals surface area contributed by atoms with Gasteiger partial charge in [-0.3, -0.25) is 0 Å². The summed E-state index contributed by atoms with van der Waals surface area (Å²) < 4.78 is 1.47. The molecule has 1 nitrogen and oxygen atoms in total. The lowest BCUT2D eigenvalue weighted by Crippen LogP contribution is -2.13. The zero-order valence-corrected chi connectivity index (χ0v) is 14.1. The first kappa shape index (κ1) is 14.4. The van der Waals surface area contributed by atoms with Gasteiger partial charge in [-0.2, -0.15) is 0 Å². The molecule has 2 aromatic carbocycles. The Morgan fingerprint density at radius 1 is 0.864 bits per heavy atom. The average molecular weight is 326 g/mol. The van der Waals surface area contributed by atoms with Crippen LogP contribution in [0.3, 0.4) is 0 Å². The summed E-state index contributed by atoms with van der Waals surface area (Å²) in [5.41, 5.74) is 13.3. The number of hydrogen-bond donors (Lipinski definition) is 1. The highest BCUT2D eigenvalue weighted by Crippen LogP contribution is 2.46. The fraction of sp³-hybridized carbons (Fsp3) is 0.263. The third-order valence-electron chi connectivity index (χ3n) is 4.32. The van der Waals surface area contributed by atoms with E-state index in [4.69, 9.17) is 5.73 Å². The number of nitrogens with two attached hydrogens (primary N) is 1. The molecule has 2 aliphatic rings. The summed E-state index contributed by atoms with van der Waals surface area (Å²) in [6.07, 6.45) is 2.22. The average Bonchev–Trinajstić information content (AvgIpc) is 2.70. The van der Waals surface area contributed by atoms with Gasteiger partial charge in [-0.1, -0.05) is 48.5 Å². The number of thioether (sulfide) groups is 2. The van der Waals surface area contributed by atoms with E-state index in [2.05, 4.69) is 48.5 Å². The maximum atomic E-state index is 6.52. The molecule has 3 heteroatoms. The van der Waals surface area contributed by atoms with Crippen LogP contribution in [0.1, 0.15) is 34.7 Å². The van der Waals surface area contributed by atoms with E-state index in [0.29, 0.717) is 0 Å². The van der Waals surface area contributed by atoms with Crippen molar-refractivity contribution < 1.29 is 0 Å². The lowest BCUT2D eigenvalue weighted by Gasteiger charge is -2.20. The van der Waals surface area contributed by atoms with E-state index < -0.39 is 0 Å². The van der Waals surface area contributed by atoms with Crippen LogP contribution in [0.15, 0.2) is 52.8 Å². The van der Waals surface area contributed by atoms with Gasteiger partial charge >= 0.3 is 0 Å². The summed E-state index contributed by atoms with van der Waals surface area (Å²) in [5, 5.41) is 0. The smallest absolute Gasteiger partial charge is 0.0486 e. The topological polar surface area (TPSA) is 26.0 Å². The maximum Gasteiger partial charge on any atom is 0.0486 e. The zero-order chi connectivity index (χ0) is 14.9. The van der Waals surface area contributed by atoms with Crippen molar-refractivity contribution in [3.8, 4) is 0 Å². The van der Waals surface area contributed by atoms with Crippen molar-refractivity contribution in [1.29, 1.82) is 0 Å². The van der Waals surface area contributed by atoms with Gasteiger partial charge in [0.1, 0.15) is 0 Å². The lowest BCUT2D eigenvalue weighted by atomic mass is 9.95. The Labute approximate surface area is 140 Å². The van der Waals surface area contributed by atoms with E-state index in [1.54, 1.807) is 0 Å². The standard InChI is InChI=1S/C19H19NS2/c20-17-12-13-6-1-2-7-14(13)18(19-21-10-5-11-22-19)16-9-4-3-8-15(16)17/h1-4,6-9,17H,5,10-12,20H2/t17-/m0/s1. The molecule has 2 aromatic rings. The van der Waals surface area contributed by atoms with Gasteiger partial charge in [-0.25, -0.2) is 0 Å². The Kier molecular flexibility index (Phi) is 4.03. The van der Waals surface area contributed by atoms with Gasteiger partial charge < -0.3 is 5.73 Å². The molecule has 1 fully saturated rings. The quantitative estimate of drug-likeness (QED) is 0.751. The van der Waals surface area contributed by atoms with Crippen molar-refractivity contribution in [2.45, 2.75) is 18.9 Å². The first-order valence-corrected chi connectivity index (χ1v) is 9.75. The number of hydrogen-bond acceptors (Lipinski definition) is 3. The monoisotopic (exact) mass is 325 g/mol. The minimum absolute atomic E-state index is 0.0778. The third-order valence-corrected chi connectivity index (χ3v) is 6.94. The van der Waals surface area contributed by atoms with Gasteiger partial charge in [0, 0.05) is 15.9 Å². The molecule has 2 N–H and O–H groups in total. The van der Waals surface area contributed by atoms with Gasteiger partial charge in [0.2, 0.25) is 0 Å². The second kappa shape index (κ2) is 6.15. The van der Waals surface area contributed by atoms with Gasteiger partial charge in [-0.15, -0.1) is 23.5 Å². The second-order valence-corrected chi connectivity index (χ2v) is 8.24. The van der Waals surface area contributed by atoms with Crippen molar-refractivity contribution in [2.24, 2.45) is 5.73 Å². The van der Waals surface area contributed by atoms with E-state index in [1.807, 2.05) is 23.5 Å². The fourth-order valence-electron chi connectivity index (χ4n) is 3.28. The van der Waals surface area contributed by atoms with Crippen LogP contribution >= 0.6 is 23.5 Å². The Morgan fingerprint density at radius 2 is 1.55 bits per heavy atom. The highest BCUT2D eigenvalue weighted by molar-refractivity contribution is 8.23. The lowest BCUT2D eigenvalue weighted by molar-refractivity contribution is 0.724. The molecule has 0 bridgehead atoms. The molecule has 1 heterocycles. The minimum atomic E-state index is 0.0778. The molecule has 1 atom stereocenters. The van der Waals surface area contributed by atoms with E-state index in [-0.39, 0.29) is 6.04 Å². The Morgan fingerprint density at radius 3 is 2.36 bits per heavy atom. The van der Waals surface area contributed by atoms with E-state index in [0.717, 1.165) is 6.42 Å². The van der Waals surface area contributed by atoms with Crippen LogP contribution in [0.4, 0.5) is 0 Å². The molecule has 22 heavy (non-hydrogen) atoms. The predicted octanol–water partition coefficient (Wildman–Crippen LogP) is 4.83. The maximum absolute atomic E-state index is 6.52. The van der Waals surface area contributed by atoms with Gasteiger partial charge in [0.25, 0.3) is 0 Å². The van der Waals surface area contributed by atoms with Crippen molar-refractivity contribution in [3.05, 3.63) is 75.0 Å². The van der Waals surface area contributed by atoms with E-state index in [1.165, 1.54) is 50.0 Å². The number of rotatable bonds is 0. The molecule has 0 aromatic heterocycles. The SMILES string of the molecule is N[C@H]1Cc2ccccc2C(=C2SCCCS2)c2ccccc21. The molecule has 112 valence electrons. The molecule has 4 rings (SSSR count). The summed E-state index contributed by atoms with van der Waals surface area (Å²) in [6, 6.07) is 17.6. The molecule has 1 aliphatic carbocycles. The highest BCUT2D eigenvalue weighted by atomic mass is 32.2. The molecule has 0 radical (unpaired) electrons. The van der Waals surface area contributed by atoms with Crippen LogP contribution < -0.4 is 5.73 Å². The van der Waals surface area contributed by atoms with E-state index >= 15 is 0 Å². The van der Waals surface area contributed by atoms with Gasteiger partial charge in [0.15, 0.2) is 0 Å². The van der Waals surface area contributed by atoms with E-state index in [9.17, 15) is 0 Å². The Balaban J connectivity index is 2.01.